The fourth-order valence-corrected chi connectivity index (χ4v) is 2.32. The van der Waals surface area contributed by atoms with Crippen LogP contribution in [-0.2, 0) is 6.42 Å². The molecule has 1 aliphatic rings. The van der Waals surface area contributed by atoms with Crippen molar-refractivity contribution in [1.29, 1.82) is 0 Å². The summed E-state index contributed by atoms with van der Waals surface area (Å²) in [7, 11) is 0. The van der Waals surface area contributed by atoms with E-state index >= 15 is 0 Å². The third kappa shape index (κ3) is 2.42. The zero-order valence-corrected chi connectivity index (χ0v) is 11.4. The fraction of sp³-hybridized carbons (Fsp3) is 0.133. The van der Waals surface area contributed by atoms with Crippen LogP contribution in [0.25, 0.3) is 0 Å². The Hall–Kier alpha value is -2.00. The van der Waals surface area contributed by atoms with Crippen molar-refractivity contribution in [2.75, 3.05) is 10.6 Å². The Morgan fingerprint density at radius 3 is 3.00 bits per heavy atom. The highest BCUT2D eigenvalue weighted by molar-refractivity contribution is 6.29. The zero-order valence-electron chi connectivity index (χ0n) is 10.6. The molecule has 1 aromatic carbocycles. The summed E-state index contributed by atoms with van der Waals surface area (Å²) in [6.07, 6.45) is 0.868. The molecular weight excluding hydrogens is 258 g/mol. The average molecular weight is 272 g/mol. The number of aromatic nitrogens is 1. The molecule has 2 N–H and O–H groups in total. The van der Waals surface area contributed by atoms with E-state index < -0.39 is 0 Å². The highest BCUT2D eigenvalue weighted by Crippen LogP contribution is 2.31. The van der Waals surface area contributed by atoms with Gasteiger partial charge in [-0.05, 0) is 42.3 Å². The minimum atomic E-state index is 0.490. The molecule has 1 aliphatic heterocycles. The van der Waals surface area contributed by atoms with Gasteiger partial charge in [0, 0.05) is 23.5 Å². The van der Waals surface area contributed by atoms with Crippen LogP contribution in [0.15, 0.2) is 42.6 Å². The molecule has 1 aromatic heterocycles. The highest BCUT2D eigenvalue weighted by Gasteiger charge is 2.13. The number of nitrogens with one attached hydrogen (secondary N) is 2. The molecule has 0 saturated heterocycles. The van der Waals surface area contributed by atoms with Gasteiger partial charge >= 0.3 is 0 Å². The number of benzene rings is 1. The maximum Gasteiger partial charge on any atom is 0.135 e. The molecule has 19 heavy (non-hydrogen) atoms. The SMILES string of the molecule is C=C1Cc2cc(Nc3nc(Cl)ccc3C)ccc2N1. The molecule has 0 saturated carbocycles. The van der Waals surface area contributed by atoms with E-state index in [4.69, 9.17) is 11.6 Å². The summed E-state index contributed by atoms with van der Waals surface area (Å²) in [5, 5.41) is 7.04. The van der Waals surface area contributed by atoms with Crippen LogP contribution in [0, 0.1) is 6.92 Å². The predicted molar refractivity (Wildman–Crippen MR) is 80.2 cm³/mol. The van der Waals surface area contributed by atoms with E-state index in [9.17, 15) is 0 Å². The predicted octanol–water partition coefficient (Wildman–Crippen LogP) is 4.27. The molecule has 0 bridgehead atoms. The Balaban J connectivity index is 1.90. The molecule has 3 nitrogen and oxygen atoms in total. The van der Waals surface area contributed by atoms with Crippen LogP contribution in [0.5, 0.6) is 0 Å². The Morgan fingerprint density at radius 1 is 1.32 bits per heavy atom. The Morgan fingerprint density at radius 2 is 2.16 bits per heavy atom. The molecule has 4 heteroatoms. The number of allylic oxidation sites excluding steroid dienone is 1. The standard InChI is InChI=1S/C15H14ClN3/c1-9-3-6-14(16)19-15(9)18-12-4-5-13-11(8-12)7-10(2)17-13/h3-6,8,17H,2,7H2,1H3,(H,18,19). The molecule has 3 rings (SSSR count). The summed E-state index contributed by atoms with van der Waals surface area (Å²) >= 11 is 5.92. The molecule has 0 amide bonds. The first-order valence-corrected chi connectivity index (χ1v) is 6.47. The number of hydrogen-bond acceptors (Lipinski definition) is 3. The van der Waals surface area contributed by atoms with E-state index in [-0.39, 0.29) is 0 Å². The van der Waals surface area contributed by atoms with Crippen molar-refractivity contribution in [3.63, 3.8) is 0 Å². The second-order valence-corrected chi connectivity index (χ2v) is 5.09. The van der Waals surface area contributed by atoms with Crippen molar-refractivity contribution in [2.45, 2.75) is 13.3 Å². The van der Waals surface area contributed by atoms with Crippen molar-refractivity contribution in [3.8, 4) is 0 Å². The lowest BCUT2D eigenvalue weighted by Gasteiger charge is -2.10. The Bertz CT molecular complexity index is 664. The lowest BCUT2D eigenvalue weighted by atomic mass is 10.1. The molecule has 0 radical (unpaired) electrons. The number of rotatable bonds is 2. The normalized spacial score (nSPS) is 13.1. The van der Waals surface area contributed by atoms with Crippen LogP contribution in [0.3, 0.4) is 0 Å². The van der Waals surface area contributed by atoms with E-state index in [2.05, 4.69) is 34.3 Å². The van der Waals surface area contributed by atoms with Gasteiger partial charge < -0.3 is 10.6 Å². The topological polar surface area (TPSA) is 37.0 Å². The first-order valence-electron chi connectivity index (χ1n) is 6.10. The van der Waals surface area contributed by atoms with Gasteiger partial charge in [0.25, 0.3) is 0 Å². The van der Waals surface area contributed by atoms with E-state index in [0.717, 1.165) is 34.9 Å². The summed E-state index contributed by atoms with van der Waals surface area (Å²) < 4.78 is 0. The third-order valence-corrected chi connectivity index (χ3v) is 3.36. The van der Waals surface area contributed by atoms with Gasteiger partial charge in [0.05, 0.1) is 0 Å². The van der Waals surface area contributed by atoms with Gasteiger partial charge in [-0.3, -0.25) is 0 Å². The molecule has 0 spiro atoms. The van der Waals surface area contributed by atoms with Crippen molar-refractivity contribution in [3.05, 3.63) is 58.9 Å². The van der Waals surface area contributed by atoms with Crippen molar-refractivity contribution < 1.29 is 0 Å². The van der Waals surface area contributed by atoms with Crippen LogP contribution < -0.4 is 10.6 Å². The van der Waals surface area contributed by atoms with Crippen LogP contribution in [0.1, 0.15) is 11.1 Å². The Labute approximate surface area is 117 Å². The molecule has 0 unspecified atom stereocenters. The van der Waals surface area contributed by atoms with Crippen LogP contribution in [0.2, 0.25) is 5.15 Å². The van der Waals surface area contributed by atoms with Crippen molar-refractivity contribution in [2.24, 2.45) is 0 Å². The summed E-state index contributed by atoms with van der Waals surface area (Å²) in [6, 6.07) is 9.93. The number of fused-ring (bicyclic) bond motifs is 1. The van der Waals surface area contributed by atoms with Gasteiger partial charge in [-0.2, -0.15) is 0 Å². The zero-order chi connectivity index (χ0) is 13.4. The first-order chi connectivity index (χ1) is 9.11. The third-order valence-electron chi connectivity index (χ3n) is 3.15. The number of aryl methyl sites for hydroxylation is 1. The van der Waals surface area contributed by atoms with Crippen molar-refractivity contribution >= 4 is 28.8 Å². The maximum atomic E-state index is 5.92. The molecule has 0 fully saturated rings. The van der Waals surface area contributed by atoms with Gasteiger partial charge in [0.15, 0.2) is 0 Å². The first kappa shape index (κ1) is 12.1. The number of pyridine rings is 1. The van der Waals surface area contributed by atoms with Crippen LogP contribution >= 0.6 is 11.6 Å². The molecule has 0 aliphatic carbocycles. The highest BCUT2D eigenvalue weighted by atomic mass is 35.5. The smallest absolute Gasteiger partial charge is 0.135 e. The number of hydrogen-bond donors (Lipinski definition) is 2. The van der Waals surface area contributed by atoms with Crippen LogP contribution in [0.4, 0.5) is 17.2 Å². The van der Waals surface area contributed by atoms with E-state index in [1.165, 1.54) is 5.56 Å². The summed E-state index contributed by atoms with van der Waals surface area (Å²) in [4.78, 5) is 4.30. The second kappa shape index (κ2) is 4.59. The van der Waals surface area contributed by atoms with E-state index in [1.807, 2.05) is 19.1 Å². The van der Waals surface area contributed by atoms with E-state index in [0.29, 0.717) is 5.15 Å². The Kier molecular flexibility index (Phi) is 2.91. The fourth-order valence-electron chi connectivity index (χ4n) is 2.17. The van der Waals surface area contributed by atoms with Gasteiger partial charge in [-0.1, -0.05) is 24.2 Å². The quantitative estimate of drug-likeness (QED) is 0.801. The molecule has 96 valence electrons. The molecular formula is C15H14ClN3. The number of anilines is 3. The van der Waals surface area contributed by atoms with Crippen molar-refractivity contribution in [1.82, 2.24) is 4.98 Å². The molecule has 2 aromatic rings. The number of nitrogens with zero attached hydrogens (tertiary/aromatic N) is 1. The minimum Gasteiger partial charge on any atom is -0.359 e. The summed E-state index contributed by atoms with van der Waals surface area (Å²) in [5.74, 6) is 0.789. The lowest BCUT2D eigenvalue weighted by molar-refractivity contribution is 1.24. The summed E-state index contributed by atoms with van der Waals surface area (Å²) in [6.45, 7) is 5.95. The molecule has 2 heterocycles. The second-order valence-electron chi connectivity index (χ2n) is 4.70. The van der Waals surface area contributed by atoms with Crippen LogP contribution in [-0.4, -0.2) is 4.98 Å². The average Bonchev–Trinajstić information content (AvgIpc) is 2.73. The minimum absolute atomic E-state index is 0.490. The number of halogens is 1. The van der Waals surface area contributed by atoms with Gasteiger partial charge in [0.2, 0.25) is 0 Å². The largest absolute Gasteiger partial charge is 0.359 e. The van der Waals surface area contributed by atoms with Gasteiger partial charge in [-0.25, -0.2) is 4.98 Å². The van der Waals surface area contributed by atoms with Gasteiger partial charge in [-0.15, -0.1) is 0 Å². The van der Waals surface area contributed by atoms with Gasteiger partial charge in [0.1, 0.15) is 11.0 Å². The van der Waals surface area contributed by atoms with E-state index in [1.54, 1.807) is 6.07 Å². The lowest BCUT2D eigenvalue weighted by Crippen LogP contribution is -1.97. The summed E-state index contributed by atoms with van der Waals surface area (Å²) in [5.41, 5.74) is 5.48. The maximum absolute atomic E-state index is 5.92. The molecule has 0 atom stereocenters. The monoisotopic (exact) mass is 271 g/mol.